The lowest BCUT2D eigenvalue weighted by Crippen LogP contribution is -2.16. The molecule has 0 atom stereocenters. The van der Waals surface area contributed by atoms with Crippen molar-refractivity contribution in [3.05, 3.63) is 53.1 Å². The van der Waals surface area contributed by atoms with E-state index >= 15 is 0 Å². The third kappa shape index (κ3) is 3.64. The lowest BCUT2D eigenvalue weighted by molar-refractivity contribution is 0.599. The molecule has 0 aliphatic heterocycles. The largest absolute Gasteiger partial charge is 0.282 e. The monoisotopic (exact) mass is 458 g/mol. The minimum absolute atomic E-state index is 0.0232. The van der Waals surface area contributed by atoms with Crippen molar-refractivity contribution in [3.63, 3.8) is 0 Å². The van der Waals surface area contributed by atoms with E-state index < -0.39 is 15.8 Å². The van der Waals surface area contributed by atoms with Crippen LogP contribution in [0.25, 0.3) is 32.9 Å². The molecule has 0 radical (unpaired) electrons. The number of hydrogen-bond donors (Lipinski definition) is 2. The van der Waals surface area contributed by atoms with Gasteiger partial charge in [0.05, 0.1) is 27.5 Å². The standard InChI is InChI=1S/C22H20ClFN4O2S/c1-2-9-31(29,30)28-17-8-7-16(24)18(20(17)23)13-5-6-15-14(10-13)11-25-22-19(15)21(26-27-22)12-3-4-12/h5-8,10-12,28H,2-4,9H2,1H3,(H,25,26,27). The highest BCUT2D eigenvalue weighted by Crippen LogP contribution is 2.44. The minimum Gasteiger partial charge on any atom is -0.282 e. The van der Waals surface area contributed by atoms with Crippen LogP contribution >= 0.6 is 11.6 Å². The summed E-state index contributed by atoms with van der Waals surface area (Å²) in [6.45, 7) is 1.77. The van der Waals surface area contributed by atoms with Crippen LogP contribution < -0.4 is 4.72 Å². The summed E-state index contributed by atoms with van der Waals surface area (Å²) in [6.07, 6.45) is 4.42. The van der Waals surface area contributed by atoms with E-state index in [1.165, 1.54) is 12.1 Å². The molecule has 2 aromatic carbocycles. The molecule has 4 aromatic rings. The highest BCUT2D eigenvalue weighted by Gasteiger charge is 2.29. The molecule has 0 unspecified atom stereocenters. The van der Waals surface area contributed by atoms with Crippen LogP contribution in [0.2, 0.25) is 5.02 Å². The van der Waals surface area contributed by atoms with E-state index in [0.29, 0.717) is 17.9 Å². The van der Waals surface area contributed by atoms with Crippen LogP contribution in [0.5, 0.6) is 0 Å². The number of fused-ring (bicyclic) bond motifs is 3. The predicted molar refractivity (Wildman–Crippen MR) is 121 cm³/mol. The number of H-pyrrole nitrogens is 1. The van der Waals surface area contributed by atoms with Gasteiger partial charge in [-0.2, -0.15) is 5.10 Å². The third-order valence-electron chi connectivity index (χ3n) is 5.51. The zero-order valence-electron chi connectivity index (χ0n) is 16.7. The van der Waals surface area contributed by atoms with Gasteiger partial charge in [-0.15, -0.1) is 0 Å². The van der Waals surface area contributed by atoms with Crippen LogP contribution in [0.3, 0.4) is 0 Å². The number of sulfonamides is 1. The van der Waals surface area contributed by atoms with E-state index in [-0.39, 0.29) is 22.0 Å². The molecule has 2 N–H and O–H groups in total. The van der Waals surface area contributed by atoms with E-state index in [0.717, 1.165) is 40.3 Å². The second-order valence-corrected chi connectivity index (χ2v) is 10.1. The van der Waals surface area contributed by atoms with E-state index in [1.54, 1.807) is 19.2 Å². The lowest BCUT2D eigenvalue weighted by Gasteiger charge is -2.14. The summed E-state index contributed by atoms with van der Waals surface area (Å²) in [4.78, 5) is 4.47. The van der Waals surface area contributed by atoms with Gasteiger partial charge in [0.1, 0.15) is 5.82 Å². The molecule has 1 saturated carbocycles. The molecule has 1 fully saturated rings. The van der Waals surface area contributed by atoms with Gasteiger partial charge in [-0.3, -0.25) is 9.82 Å². The number of aromatic amines is 1. The Hall–Kier alpha value is -2.71. The number of benzene rings is 2. The Morgan fingerprint density at radius 3 is 2.81 bits per heavy atom. The van der Waals surface area contributed by atoms with Crippen molar-refractivity contribution in [2.24, 2.45) is 0 Å². The Morgan fingerprint density at radius 2 is 2.06 bits per heavy atom. The Kier molecular flexibility index (Phi) is 4.86. The summed E-state index contributed by atoms with van der Waals surface area (Å²) in [5, 5.41) is 10.3. The molecule has 0 amide bonds. The normalized spacial score (nSPS) is 14.4. The summed E-state index contributed by atoms with van der Waals surface area (Å²) in [5.41, 5.74) is 2.61. The number of anilines is 1. The molecular formula is C22H20ClFN4O2S. The van der Waals surface area contributed by atoms with Gasteiger partial charge in [0.15, 0.2) is 5.65 Å². The molecule has 2 aromatic heterocycles. The Balaban J connectivity index is 1.63. The summed E-state index contributed by atoms with van der Waals surface area (Å²) >= 11 is 6.46. The maximum Gasteiger partial charge on any atom is 0.232 e. The van der Waals surface area contributed by atoms with Crippen molar-refractivity contribution in [2.45, 2.75) is 32.1 Å². The number of nitrogens with zero attached hydrogens (tertiary/aromatic N) is 2. The molecule has 9 heteroatoms. The smallest absolute Gasteiger partial charge is 0.232 e. The number of aromatic nitrogens is 3. The molecular weight excluding hydrogens is 439 g/mol. The Labute approximate surface area is 183 Å². The number of pyridine rings is 1. The quantitative estimate of drug-likeness (QED) is 0.393. The summed E-state index contributed by atoms with van der Waals surface area (Å²) in [7, 11) is -3.56. The first kappa shape index (κ1) is 20.2. The second-order valence-electron chi connectivity index (χ2n) is 7.87. The average molecular weight is 459 g/mol. The van der Waals surface area contributed by atoms with Gasteiger partial charge >= 0.3 is 0 Å². The SMILES string of the molecule is CCCS(=O)(=O)Nc1ccc(F)c(-c2ccc3c(cnc4[nH]nc(C5CC5)c43)c2)c1Cl. The second kappa shape index (κ2) is 7.46. The van der Waals surface area contributed by atoms with Gasteiger partial charge in [0.25, 0.3) is 0 Å². The fraction of sp³-hybridized carbons (Fsp3) is 0.273. The zero-order chi connectivity index (χ0) is 21.8. The van der Waals surface area contributed by atoms with Crippen molar-refractivity contribution in [2.75, 3.05) is 10.5 Å². The van der Waals surface area contributed by atoms with Gasteiger partial charge in [-0.05, 0) is 48.4 Å². The van der Waals surface area contributed by atoms with Gasteiger partial charge in [0, 0.05) is 23.1 Å². The highest BCUT2D eigenvalue weighted by molar-refractivity contribution is 7.92. The van der Waals surface area contributed by atoms with Gasteiger partial charge < -0.3 is 0 Å². The fourth-order valence-corrected chi connectivity index (χ4v) is 5.44. The zero-order valence-corrected chi connectivity index (χ0v) is 18.3. The van der Waals surface area contributed by atoms with E-state index in [4.69, 9.17) is 11.6 Å². The average Bonchev–Trinajstić information content (AvgIpc) is 3.48. The van der Waals surface area contributed by atoms with Crippen LogP contribution in [0.1, 0.15) is 37.8 Å². The number of halogens is 2. The van der Waals surface area contributed by atoms with Crippen LogP contribution in [0.4, 0.5) is 10.1 Å². The Morgan fingerprint density at radius 1 is 1.26 bits per heavy atom. The van der Waals surface area contributed by atoms with Crippen LogP contribution in [0, 0.1) is 5.82 Å². The molecule has 1 aliphatic carbocycles. The molecule has 0 saturated heterocycles. The molecule has 160 valence electrons. The van der Waals surface area contributed by atoms with Gasteiger partial charge in [-0.1, -0.05) is 30.7 Å². The summed E-state index contributed by atoms with van der Waals surface area (Å²) < 4.78 is 41.6. The topological polar surface area (TPSA) is 87.7 Å². The van der Waals surface area contributed by atoms with Gasteiger partial charge in [-0.25, -0.2) is 17.8 Å². The van der Waals surface area contributed by atoms with Crippen LogP contribution in [-0.2, 0) is 10.0 Å². The first-order chi connectivity index (χ1) is 14.9. The van der Waals surface area contributed by atoms with Crippen LogP contribution in [-0.4, -0.2) is 29.4 Å². The van der Waals surface area contributed by atoms with E-state index in [9.17, 15) is 12.8 Å². The fourth-order valence-electron chi connectivity index (χ4n) is 3.93. The minimum atomic E-state index is -3.56. The van der Waals surface area contributed by atoms with Crippen molar-refractivity contribution in [1.82, 2.24) is 15.2 Å². The van der Waals surface area contributed by atoms with Crippen molar-refractivity contribution < 1.29 is 12.8 Å². The highest BCUT2D eigenvalue weighted by atomic mass is 35.5. The Bertz CT molecular complexity index is 1430. The molecule has 0 bridgehead atoms. The van der Waals surface area contributed by atoms with Crippen molar-refractivity contribution >= 4 is 49.1 Å². The molecule has 2 heterocycles. The molecule has 0 spiro atoms. The maximum absolute atomic E-state index is 14.8. The molecule has 5 rings (SSSR count). The summed E-state index contributed by atoms with van der Waals surface area (Å²) in [6, 6.07) is 8.09. The number of rotatable bonds is 6. The predicted octanol–water partition coefficient (Wildman–Crippen LogP) is 5.60. The van der Waals surface area contributed by atoms with Crippen molar-refractivity contribution in [3.8, 4) is 11.1 Å². The first-order valence-electron chi connectivity index (χ1n) is 10.1. The third-order valence-corrected chi connectivity index (χ3v) is 7.38. The lowest BCUT2D eigenvalue weighted by atomic mass is 9.99. The van der Waals surface area contributed by atoms with E-state index in [2.05, 4.69) is 19.9 Å². The number of nitrogens with one attached hydrogen (secondary N) is 2. The number of hydrogen-bond acceptors (Lipinski definition) is 4. The van der Waals surface area contributed by atoms with Crippen LogP contribution in [0.15, 0.2) is 36.5 Å². The molecule has 31 heavy (non-hydrogen) atoms. The van der Waals surface area contributed by atoms with Crippen molar-refractivity contribution in [1.29, 1.82) is 0 Å². The molecule has 1 aliphatic rings. The first-order valence-corrected chi connectivity index (χ1v) is 12.2. The van der Waals surface area contributed by atoms with E-state index in [1.807, 2.05) is 12.1 Å². The maximum atomic E-state index is 14.8. The molecule has 6 nitrogen and oxygen atoms in total. The van der Waals surface area contributed by atoms with Gasteiger partial charge in [0.2, 0.25) is 10.0 Å². The summed E-state index contributed by atoms with van der Waals surface area (Å²) in [5.74, 6) is -0.110.